The first kappa shape index (κ1) is 15.9. The molecule has 1 aliphatic heterocycles. The highest BCUT2D eigenvalue weighted by Gasteiger charge is 2.24. The summed E-state index contributed by atoms with van der Waals surface area (Å²) < 4.78 is 5.11. The molecular weight excluding hydrogens is 334 g/mol. The molecule has 0 atom stereocenters. The average molecular weight is 351 g/mol. The zero-order valence-corrected chi connectivity index (χ0v) is 14.6. The van der Waals surface area contributed by atoms with Crippen LogP contribution in [0.4, 0.5) is 5.69 Å². The van der Waals surface area contributed by atoms with Crippen LogP contribution < -0.4 is 4.90 Å². The minimum Gasteiger partial charge on any atom is -0.338 e. The monoisotopic (exact) mass is 351 g/mol. The first-order chi connectivity index (χ1) is 12.2. The van der Waals surface area contributed by atoms with Gasteiger partial charge in [0.2, 0.25) is 5.89 Å². The topological polar surface area (TPSA) is 59.2 Å². The van der Waals surface area contributed by atoms with E-state index in [4.69, 9.17) is 4.52 Å². The van der Waals surface area contributed by atoms with Crippen LogP contribution in [0, 0.1) is 6.92 Å². The van der Waals surface area contributed by atoms with E-state index in [2.05, 4.69) is 16.2 Å². The number of fused-ring (bicyclic) bond motifs is 1. The minimum atomic E-state index is 0.0500. The number of anilines is 1. The molecule has 1 aromatic heterocycles. The molecule has 0 bridgehead atoms. The quantitative estimate of drug-likeness (QED) is 0.668. The number of carbonyl (C=O) groups excluding carboxylic acids is 1. The fraction of sp³-hybridized carbons (Fsp3) is 0.211. The summed E-state index contributed by atoms with van der Waals surface area (Å²) in [6.07, 6.45) is 0.916. The van der Waals surface area contributed by atoms with Crippen LogP contribution in [-0.2, 0) is 12.2 Å². The standard InChI is InChI=1S/C19H17N3O2S/c1-13-20-18(24-21-13)12-25-16-8-6-15(7-9-16)19(23)22-11-10-14-4-2-3-5-17(14)22/h2-9H,10-12H2,1H3. The highest BCUT2D eigenvalue weighted by atomic mass is 32.2. The molecule has 2 aromatic carbocycles. The Morgan fingerprint density at radius 2 is 2.00 bits per heavy atom. The van der Waals surface area contributed by atoms with Crippen LogP contribution in [0.2, 0.25) is 0 Å². The molecule has 5 nitrogen and oxygen atoms in total. The third kappa shape index (κ3) is 3.30. The predicted molar refractivity (Wildman–Crippen MR) is 96.9 cm³/mol. The lowest BCUT2D eigenvalue weighted by atomic mass is 10.1. The molecule has 4 rings (SSSR count). The highest BCUT2D eigenvalue weighted by molar-refractivity contribution is 7.98. The third-order valence-electron chi connectivity index (χ3n) is 4.17. The minimum absolute atomic E-state index is 0.0500. The molecule has 2 heterocycles. The van der Waals surface area contributed by atoms with Crippen molar-refractivity contribution in [3.05, 3.63) is 71.4 Å². The zero-order valence-electron chi connectivity index (χ0n) is 13.8. The molecule has 1 aliphatic rings. The number of hydrogen-bond acceptors (Lipinski definition) is 5. The van der Waals surface area contributed by atoms with Gasteiger partial charge in [-0.05, 0) is 49.2 Å². The lowest BCUT2D eigenvalue weighted by Crippen LogP contribution is -2.28. The summed E-state index contributed by atoms with van der Waals surface area (Å²) >= 11 is 1.61. The van der Waals surface area contributed by atoms with E-state index in [0.29, 0.717) is 23.0 Å². The van der Waals surface area contributed by atoms with Gasteiger partial charge in [0.1, 0.15) is 0 Å². The SMILES string of the molecule is Cc1noc(CSc2ccc(C(=O)N3CCc4ccccc43)cc2)n1. The van der Waals surface area contributed by atoms with Crippen molar-refractivity contribution in [2.24, 2.45) is 0 Å². The van der Waals surface area contributed by atoms with Gasteiger partial charge in [-0.2, -0.15) is 4.98 Å². The Bertz CT molecular complexity index is 905. The maximum absolute atomic E-state index is 12.8. The Morgan fingerprint density at radius 1 is 1.20 bits per heavy atom. The van der Waals surface area contributed by atoms with Gasteiger partial charge in [-0.15, -0.1) is 11.8 Å². The van der Waals surface area contributed by atoms with E-state index in [0.717, 1.165) is 23.5 Å². The molecule has 0 fully saturated rings. The van der Waals surface area contributed by atoms with Crippen LogP contribution in [-0.4, -0.2) is 22.6 Å². The van der Waals surface area contributed by atoms with E-state index in [1.165, 1.54) is 5.56 Å². The van der Waals surface area contributed by atoms with E-state index < -0.39 is 0 Å². The van der Waals surface area contributed by atoms with Crippen molar-refractivity contribution in [1.29, 1.82) is 0 Å². The Kier molecular flexibility index (Phi) is 4.28. The zero-order chi connectivity index (χ0) is 17.2. The number of carbonyl (C=O) groups is 1. The van der Waals surface area contributed by atoms with Gasteiger partial charge in [-0.25, -0.2) is 0 Å². The van der Waals surface area contributed by atoms with Gasteiger partial charge in [-0.3, -0.25) is 4.79 Å². The van der Waals surface area contributed by atoms with Gasteiger partial charge in [0.05, 0.1) is 5.75 Å². The van der Waals surface area contributed by atoms with E-state index in [1.807, 2.05) is 47.4 Å². The molecule has 0 spiro atoms. The molecule has 0 radical (unpaired) electrons. The van der Waals surface area contributed by atoms with Gasteiger partial charge in [0, 0.05) is 22.7 Å². The largest absolute Gasteiger partial charge is 0.338 e. The highest BCUT2D eigenvalue weighted by Crippen LogP contribution is 2.29. The van der Waals surface area contributed by atoms with Crippen molar-refractivity contribution in [3.63, 3.8) is 0 Å². The van der Waals surface area contributed by atoms with Crippen LogP contribution in [0.5, 0.6) is 0 Å². The molecule has 0 aliphatic carbocycles. The normalized spacial score (nSPS) is 13.1. The van der Waals surface area contributed by atoms with Crippen molar-refractivity contribution in [2.75, 3.05) is 11.4 Å². The number of aromatic nitrogens is 2. The number of hydrogen-bond donors (Lipinski definition) is 0. The van der Waals surface area contributed by atoms with Crippen LogP contribution in [0.15, 0.2) is 57.9 Å². The summed E-state index contributed by atoms with van der Waals surface area (Å²) in [6.45, 7) is 2.54. The van der Waals surface area contributed by atoms with Gasteiger partial charge < -0.3 is 9.42 Å². The molecule has 25 heavy (non-hydrogen) atoms. The van der Waals surface area contributed by atoms with E-state index in [1.54, 1.807) is 18.7 Å². The second kappa shape index (κ2) is 6.72. The summed E-state index contributed by atoms with van der Waals surface area (Å²) in [6, 6.07) is 15.8. The van der Waals surface area contributed by atoms with Crippen molar-refractivity contribution in [2.45, 2.75) is 24.0 Å². The number of thioether (sulfide) groups is 1. The van der Waals surface area contributed by atoms with E-state index in [-0.39, 0.29) is 5.91 Å². The summed E-state index contributed by atoms with van der Waals surface area (Å²) in [5.74, 6) is 1.92. The number of aryl methyl sites for hydroxylation is 1. The first-order valence-corrected chi connectivity index (χ1v) is 9.11. The fourth-order valence-electron chi connectivity index (χ4n) is 2.94. The van der Waals surface area contributed by atoms with Crippen molar-refractivity contribution in [1.82, 2.24) is 10.1 Å². The summed E-state index contributed by atoms with van der Waals surface area (Å²) in [4.78, 5) is 19.9. The number of rotatable bonds is 4. The van der Waals surface area contributed by atoms with Crippen molar-refractivity contribution in [3.8, 4) is 0 Å². The van der Waals surface area contributed by atoms with Crippen molar-refractivity contribution >= 4 is 23.4 Å². The molecule has 0 saturated carbocycles. The molecule has 0 N–H and O–H groups in total. The molecule has 6 heteroatoms. The van der Waals surface area contributed by atoms with Crippen LogP contribution >= 0.6 is 11.8 Å². The molecule has 1 amide bonds. The second-order valence-electron chi connectivity index (χ2n) is 5.88. The fourth-order valence-corrected chi connectivity index (χ4v) is 3.68. The Labute approximate surface area is 150 Å². The summed E-state index contributed by atoms with van der Waals surface area (Å²) in [5, 5.41) is 3.78. The molecular formula is C19H17N3O2S. The molecule has 126 valence electrons. The van der Waals surface area contributed by atoms with Gasteiger partial charge in [-0.1, -0.05) is 23.4 Å². The smallest absolute Gasteiger partial charge is 0.258 e. The summed E-state index contributed by atoms with van der Waals surface area (Å²) in [7, 11) is 0. The van der Waals surface area contributed by atoms with E-state index in [9.17, 15) is 4.79 Å². The second-order valence-corrected chi connectivity index (χ2v) is 6.93. The van der Waals surface area contributed by atoms with Gasteiger partial charge in [0.15, 0.2) is 5.82 Å². The average Bonchev–Trinajstić information content (AvgIpc) is 3.26. The van der Waals surface area contributed by atoms with E-state index >= 15 is 0 Å². The Balaban J connectivity index is 1.44. The summed E-state index contributed by atoms with van der Waals surface area (Å²) in [5.41, 5.74) is 2.96. The molecule has 0 saturated heterocycles. The third-order valence-corrected chi connectivity index (χ3v) is 5.16. The lowest BCUT2D eigenvalue weighted by molar-refractivity contribution is 0.0989. The van der Waals surface area contributed by atoms with Gasteiger partial charge >= 0.3 is 0 Å². The first-order valence-electron chi connectivity index (χ1n) is 8.12. The number of amides is 1. The molecule has 3 aromatic rings. The Morgan fingerprint density at radius 3 is 2.76 bits per heavy atom. The maximum atomic E-state index is 12.8. The Hall–Kier alpha value is -2.60. The number of nitrogens with zero attached hydrogens (tertiary/aromatic N) is 3. The number of benzene rings is 2. The van der Waals surface area contributed by atoms with Crippen LogP contribution in [0.25, 0.3) is 0 Å². The maximum Gasteiger partial charge on any atom is 0.258 e. The predicted octanol–water partition coefficient (Wildman–Crippen LogP) is 3.87. The lowest BCUT2D eigenvalue weighted by Gasteiger charge is -2.17. The van der Waals surface area contributed by atoms with Crippen LogP contribution in [0.1, 0.15) is 27.6 Å². The van der Waals surface area contributed by atoms with Gasteiger partial charge in [0.25, 0.3) is 5.91 Å². The molecule has 0 unspecified atom stereocenters. The number of para-hydroxylation sites is 1. The van der Waals surface area contributed by atoms with Crippen molar-refractivity contribution < 1.29 is 9.32 Å². The van der Waals surface area contributed by atoms with Crippen LogP contribution in [0.3, 0.4) is 0 Å².